The molecule has 0 aliphatic carbocycles. The molecule has 1 aromatic rings. The van der Waals surface area contributed by atoms with Gasteiger partial charge in [0.1, 0.15) is 0 Å². The van der Waals surface area contributed by atoms with Gasteiger partial charge in [0, 0.05) is 6.54 Å². The standard InChI is InChI=1S/C11H13NO6S/c1-18-10(13)7-19(16,17)12-6-8-3-2-4-9(5-8)11(14)15/h2-5,12H,6-7H2,1H3,(H,14,15). The lowest BCUT2D eigenvalue weighted by molar-refractivity contribution is -0.137. The van der Waals surface area contributed by atoms with Gasteiger partial charge >= 0.3 is 11.9 Å². The van der Waals surface area contributed by atoms with Gasteiger partial charge in [-0.2, -0.15) is 0 Å². The average Bonchev–Trinajstić information content (AvgIpc) is 2.36. The Hall–Kier alpha value is -1.93. The number of carboxylic acid groups (broad SMARTS) is 1. The lowest BCUT2D eigenvalue weighted by Gasteiger charge is -2.06. The van der Waals surface area contributed by atoms with Crippen LogP contribution in [0.3, 0.4) is 0 Å². The monoisotopic (exact) mass is 287 g/mol. The third-order valence-corrected chi connectivity index (χ3v) is 3.41. The number of benzene rings is 1. The molecular formula is C11H13NO6S. The number of methoxy groups -OCH3 is 1. The van der Waals surface area contributed by atoms with E-state index in [-0.39, 0.29) is 12.1 Å². The molecule has 8 heteroatoms. The van der Waals surface area contributed by atoms with Crippen molar-refractivity contribution in [1.29, 1.82) is 0 Å². The van der Waals surface area contributed by atoms with Gasteiger partial charge in [-0.15, -0.1) is 0 Å². The number of hydrogen-bond acceptors (Lipinski definition) is 5. The zero-order valence-electron chi connectivity index (χ0n) is 10.1. The van der Waals surface area contributed by atoms with Crippen LogP contribution >= 0.6 is 0 Å². The van der Waals surface area contributed by atoms with Crippen molar-refractivity contribution in [2.75, 3.05) is 12.9 Å². The van der Waals surface area contributed by atoms with Crippen molar-refractivity contribution in [3.05, 3.63) is 35.4 Å². The van der Waals surface area contributed by atoms with E-state index in [1.807, 2.05) is 0 Å². The maximum absolute atomic E-state index is 11.5. The van der Waals surface area contributed by atoms with Crippen molar-refractivity contribution in [2.24, 2.45) is 0 Å². The number of carbonyl (C=O) groups excluding carboxylic acids is 1. The van der Waals surface area contributed by atoms with Gasteiger partial charge in [-0.05, 0) is 17.7 Å². The molecule has 0 spiro atoms. The topological polar surface area (TPSA) is 110 Å². The molecule has 104 valence electrons. The van der Waals surface area contributed by atoms with Crippen LogP contribution in [-0.4, -0.2) is 38.3 Å². The summed E-state index contributed by atoms with van der Waals surface area (Å²) in [4.78, 5) is 21.6. The first-order valence-corrected chi connectivity index (χ1v) is 6.85. The fraction of sp³-hybridized carbons (Fsp3) is 0.273. The van der Waals surface area contributed by atoms with Crippen molar-refractivity contribution < 1.29 is 27.9 Å². The average molecular weight is 287 g/mol. The number of carbonyl (C=O) groups is 2. The van der Waals surface area contributed by atoms with Gasteiger partial charge in [0.05, 0.1) is 12.7 Å². The summed E-state index contributed by atoms with van der Waals surface area (Å²) in [6.07, 6.45) is 0. The number of esters is 1. The van der Waals surface area contributed by atoms with Crippen molar-refractivity contribution in [3.8, 4) is 0 Å². The molecule has 0 heterocycles. The Labute approximate surface area is 110 Å². The van der Waals surface area contributed by atoms with Crippen LogP contribution in [0.5, 0.6) is 0 Å². The van der Waals surface area contributed by atoms with Crippen LogP contribution in [0.4, 0.5) is 0 Å². The quantitative estimate of drug-likeness (QED) is 0.711. The molecule has 0 amide bonds. The van der Waals surface area contributed by atoms with Crippen LogP contribution in [0.15, 0.2) is 24.3 Å². The zero-order valence-corrected chi connectivity index (χ0v) is 10.9. The van der Waals surface area contributed by atoms with Crippen LogP contribution in [0.2, 0.25) is 0 Å². The first-order valence-electron chi connectivity index (χ1n) is 5.20. The molecule has 0 aliphatic heterocycles. The van der Waals surface area contributed by atoms with Gasteiger partial charge in [-0.1, -0.05) is 12.1 Å². The molecule has 0 saturated heterocycles. The number of sulfonamides is 1. The van der Waals surface area contributed by atoms with E-state index in [0.717, 1.165) is 7.11 Å². The maximum atomic E-state index is 11.5. The largest absolute Gasteiger partial charge is 0.478 e. The van der Waals surface area contributed by atoms with E-state index in [0.29, 0.717) is 5.56 Å². The summed E-state index contributed by atoms with van der Waals surface area (Å²) in [5.41, 5.74) is 0.540. The van der Waals surface area contributed by atoms with E-state index < -0.39 is 27.7 Å². The van der Waals surface area contributed by atoms with Gasteiger partial charge < -0.3 is 9.84 Å². The molecule has 0 atom stereocenters. The van der Waals surface area contributed by atoms with Gasteiger partial charge in [-0.3, -0.25) is 4.79 Å². The molecule has 0 saturated carbocycles. The van der Waals surface area contributed by atoms with E-state index in [4.69, 9.17) is 5.11 Å². The SMILES string of the molecule is COC(=O)CS(=O)(=O)NCc1cccc(C(=O)O)c1. The van der Waals surface area contributed by atoms with Crippen LogP contribution < -0.4 is 4.72 Å². The predicted molar refractivity (Wildman–Crippen MR) is 66.0 cm³/mol. The number of aromatic carboxylic acids is 1. The fourth-order valence-corrected chi connectivity index (χ4v) is 2.19. The minimum Gasteiger partial charge on any atom is -0.478 e. The second-order valence-electron chi connectivity index (χ2n) is 3.66. The van der Waals surface area contributed by atoms with Crippen LogP contribution in [0.25, 0.3) is 0 Å². The number of carboxylic acids is 1. The van der Waals surface area contributed by atoms with Crippen molar-refractivity contribution in [2.45, 2.75) is 6.54 Å². The summed E-state index contributed by atoms with van der Waals surface area (Å²) in [6.45, 7) is -0.0968. The zero-order chi connectivity index (χ0) is 14.5. The second kappa shape index (κ2) is 6.30. The Morgan fingerprint density at radius 3 is 2.63 bits per heavy atom. The molecule has 1 aromatic carbocycles. The van der Waals surface area contributed by atoms with E-state index in [1.54, 1.807) is 6.07 Å². The molecule has 7 nitrogen and oxygen atoms in total. The molecule has 0 radical (unpaired) electrons. The summed E-state index contributed by atoms with van der Waals surface area (Å²) >= 11 is 0. The molecule has 0 unspecified atom stereocenters. The number of ether oxygens (including phenoxy) is 1. The van der Waals surface area contributed by atoms with Gasteiger partial charge in [0.25, 0.3) is 0 Å². The molecule has 0 aromatic heterocycles. The molecule has 2 N–H and O–H groups in total. The summed E-state index contributed by atoms with van der Waals surface area (Å²) < 4.78 is 29.4. The predicted octanol–water partition coefficient (Wildman–Crippen LogP) is -0.0228. The Balaban J connectivity index is 2.69. The van der Waals surface area contributed by atoms with Crippen LogP contribution in [0.1, 0.15) is 15.9 Å². The van der Waals surface area contributed by atoms with E-state index in [1.165, 1.54) is 18.2 Å². The highest BCUT2D eigenvalue weighted by molar-refractivity contribution is 7.90. The first-order chi connectivity index (χ1) is 8.84. The Kier molecular flexibility index (Phi) is 5.02. The smallest absolute Gasteiger partial charge is 0.335 e. The van der Waals surface area contributed by atoms with E-state index >= 15 is 0 Å². The van der Waals surface area contributed by atoms with E-state index in [2.05, 4.69) is 9.46 Å². The Bertz CT molecular complexity index is 581. The van der Waals surface area contributed by atoms with Crippen molar-refractivity contribution in [3.63, 3.8) is 0 Å². The Morgan fingerprint density at radius 1 is 1.37 bits per heavy atom. The molecule has 19 heavy (non-hydrogen) atoms. The lowest BCUT2D eigenvalue weighted by atomic mass is 10.1. The van der Waals surface area contributed by atoms with Crippen molar-refractivity contribution in [1.82, 2.24) is 4.72 Å². The summed E-state index contributed by atoms with van der Waals surface area (Å²) in [5.74, 6) is -2.74. The van der Waals surface area contributed by atoms with Gasteiger partial charge in [0.2, 0.25) is 10.0 Å². The maximum Gasteiger partial charge on any atom is 0.335 e. The normalized spacial score (nSPS) is 11.0. The van der Waals surface area contributed by atoms with Crippen LogP contribution in [-0.2, 0) is 26.1 Å². The highest BCUT2D eigenvalue weighted by atomic mass is 32.2. The lowest BCUT2D eigenvalue weighted by Crippen LogP contribution is -2.30. The third kappa shape index (κ3) is 5.06. The molecule has 1 rings (SSSR count). The summed E-state index contributed by atoms with van der Waals surface area (Å²) in [6, 6.07) is 5.83. The summed E-state index contributed by atoms with van der Waals surface area (Å²) in [5, 5.41) is 8.79. The van der Waals surface area contributed by atoms with E-state index in [9.17, 15) is 18.0 Å². The second-order valence-corrected chi connectivity index (χ2v) is 5.47. The molecule has 0 fully saturated rings. The molecule has 0 aliphatic rings. The number of nitrogens with one attached hydrogen (secondary N) is 1. The van der Waals surface area contributed by atoms with Gasteiger partial charge in [-0.25, -0.2) is 17.9 Å². The highest BCUT2D eigenvalue weighted by Gasteiger charge is 2.16. The molecular weight excluding hydrogens is 274 g/mol. The molecule has 0 bridgehead atoms. The highest BCUT2D eigenvalue weighted by Crippen LogP contribution is 2.05. The Morgan fingerprint density at radius 2 is 2.05 bits per heavy atom. The number of hydrogen-bond donors (Lipinski definition) is 2. The summed E-state index contributed by atoms with van der Waals surface area (Å²) in [7, 11) is -2.70. The third-order valence-electron chi connectivity index (χ3n) is 2.21. The number of rotatable bonds is 6. The van der Waals surface area contributed by atoms with Crippen molar-refractivity contribution >= 4 is 22.0 Å². The van der Waals surface area contributed by atoms with Crippen LogP contribution in [0, 0.1) is 0 Å². The van der Waals surface area contributed by atoms with Gasteiger partial charge in [0.15, 0.2) is 5.75 Å². The fourth-order valence-electron chi connectivity index (χ4n) is 1.27. The minimum atomic E-state index is -3.80. The first kappa shape index (κ1) is 15.1. The minimum absolute atomic E-state index is 0.0599.